The topological polar surface area (TPSA) is 118 Å². The molecule has 0 saturated carbocycles. The number of carboxylic acids is 1. The summed E-state index contributed by atoms with van der Waals surface area (Å²) in [7, 11) is 0. The lowest BCUT2D eigenvalue weighted by molar-refractivity contribution is -0.150. The van der Waals surface area contributed by atoms with Crippen LogP contribution in [0.1, 0.15) is 13.3 Å². The van der Waals surface area contributed by atoms with Crippen LogP contribution in [0, 0.1) is 0 Å². The highest BCUT2D eigenvalue weighted by Gasteiger charge is 2.53. The van der Waals surface area contributed by atoms with E-state index in [2.05, 4.69) is 10.5 Å². The summed E-state index contributed by atoms with van der Waals surface area (Å²) >= 11 is 2.88. The molecule has 27 heavy (non-hydrogen) atoms. The summed E-state index contributed by atoms with van der Waals surface area (Å²) in [6.07, 6.45) is 2.22. The molecule has 2 atom stereocenters. The summed E-state index contributed by atoms with van der Waals surface area (Å²) in [4.78, 5) is 42.7. The predicted octanol–water partition coefficient (Wildman–Crippen LogP) is 0.742. The van der Waals surface area contributed by atoms with Crippen LogP contribution in [0.3, 0.4) is 0 Å². The van der Waals surface area contributed by atoms with Gasteiger partial charge in [0.1, 0.15) is 23.7 Å². The van der Waals surface area contributed by atoms with E-state index in [1.807, 2.05) is 6.92 Å². The molecule has 2 unspecified atom stereocenters. The Labute approximate surface area is 164 Å². The molecule has 0 aromatic heterocycles. The number of hydrogen-bond acceptors (Lipinski definition) is 8. The summed E-state index contributed by atoms with van der Waals surface area (Å²) in [6.45, 7) is 2.70. The highest BCUT2D eigenvalue weighted by molar-refractivity contribution is 8.02. The van der Waals surface area contributed by atoms with Crippen LogP contribution in [0.25, 0.3) is 0 Å². The number of hydrogen-bond donors (Lipinski definition) is 2. The smallest absolute Gasteiger partial charge is 0.352 e. The van der Waals surface area contributed by atoms with Crippen molar-refractivity contribution in [2.24, 2.45) is 5.16 Å². The molecule has 0 bridgehead atoms. The van der Waals surface area contributed by atoms with Gasteiger partial charge >= 0.3 is 5.97 Å². The van der Waals surface area contributed by atoms with Gasteiger partial charge in [0.05, 0.1) is 6.61 Å². The molecule has 3 aliphatic rings. The standard InChI is InChI=1S/C16H19N3O6S2/c1-2-4-25-18-11(10-8-26-7-5-24-10)13(20)17-12-14(21)19-9(16(22)23)3-6-27-15(12)19/h3,8,12,15H,2,4-7H2,1H3,(H,17,20)(H,22,23)/b18-11+. The van der Waals surface area contributed by atoms with Gasteiger partial charge in [-0.3, -0.25) is 14.5 Å². The summed E-state index contributed by atoms with van der Waals surface area (Å²) < 4.78 is 5.49. The summed E-state index contributed by atoms with van der Waals surface area (Å²) in [5.41, 5.74) is -0.0825. The third-order valence-electron chi connectivity index (χ3n) is 3.90. The predicted molar refractivity (Wildman–Crippen MR) is 101 cm³/mol. The lowest BCUT2D eigenvalue weighted by atomic mass is 10.0. The normalized spacial score (nSPS) is 24.7. The number of fused-ring (bicyclic) bond motifs is 1. The molecule has 11 heteroatoms. The number of ether oxygens (including phenoxy) is 1. The molecule has 0 radical (unpaired) electrons. The highest BCUT2D eigenvalue weighted by atomic mass is 32.2. The number of nitrogens with zero attached hydrogens (tertiary/aromatic N) is 2. The van der Waals surface area contributed by atoms with Gasteiger partial charge in [0.2, 0.25) is 5.71 Å². The van der Waals surface area contributed by atoms with E-state index in [1.165, 1.54) is 34.5 Å². The van der Waals surface area contributed by atoms with E-state index in [4.69, 9.17) is 9.57 Å². The largest absolute Gasteiger partial charge is 0.490 e. The second-order valence-corrected chi connectivity index (χ2v) is 7.88. The minimum Gasteiger partial charge on any atom is -0.490 e. The number of aliphatic carboxylic acids is 1. The molecule has 1 saturated heterocycles. The summed E-state index contributed by atoms with van der Waals surface area (Å²) in [6, 6.07) is -0.821. The lowest BCUT2D eigenvalue weighted by Crippen LogP contribution is -2.70. The fourth-order valence-electron chi connectivity index (χ4n) is 2.64. The number of rotatable bonds is 7. The van der Waals surface area contributed by atoms with Gasteiger partial charge in [-0.25, -0.2) is 4.79 Å². The molecule has 2 amide bonds. The first-order valence-corrected chi connectivity index (χ1v) is 10.5. The van der Waals surface area contributed by atoms with Crippen LogP contribution in [0.15, 0.2) is 28.1 Å². The molecule has 3 heterocycles. The number of carbonyl (C=O) groups excluding carboxylic acids is 2. The Morgan fingerprint density at radius 2 is 2.33 bits per heavy atom. The van der Waals surface area contributed by atoms with Crippen molar-refractivity contribution in [3.8, 4) is 0 Å². The lowest BCUT2D eigenvalue weighted by Gasteiger charge is -2.48. The zero-order chi connectivity index (χ0) is 19.4. The average molecular weight is 413 g/mol. The molecule has 0 spiro atoms. The first-order chi connectivity index (χ1) is 13.0. The Hall–Kier alpha value is -2.14. The van der Waals surface area contributed by atoms with Crippen molar-refractivity contribution in [1.82, 2.24) is 10.2 Å². The maximum Gasteiger partial charge on any atom is 0.352 e. The van der Waals surface area contributed by atoms with Crippen molar-refractivity contribution in [1.29, 1.82) is 0 Å². The Bertz CT molecular complexity index is 736. The fraction of sp³-hybridized carbons (Fsp3) is 0.500. The van der Waals surface area contributed by atoms with Crippen LogP contribution < -0.4 is 5.32 Å². The summed E-state index contributed by atoms with van der Waals surface area (Å²) in [5, 5.41) is 17.0. The first kappa shape index (κ1) is 19.6. The number of carbonyl (C=O) groups is 3. The van der Waals surface area contributed by atoms with Gasteiger partial charge in [0.15, 0.2) is 5.76 Å². The number of carboxylic acid groups (broad SMARTS) is 1. The molecule has 0 aromatic carbocycles. The molecule has 2 N–H and O–H groups in total. The number of nitrogens with one attached hydrogen (secondary N) is 1. The van der Waals surface area contributed by atoms with Gasteiger partial charge in [-0.1, -0.05) is 12.1 Å². The maximum atomic E-state index is 12.7. The van der Waals surface area contributed by atoms with Crippen molar-refractivity contribution in [2.75, 3.05) is 24.7 Å². The molecular weight excluding hydrogens is 394 g/mol. The first-order valence-electron chi connectivity index (χ1n) is 8.38. The molecule has 3 rings (SSSR count). The van der Waals surface area contributed by atoms with Crippen molar-refractivity contribution < 1.29 is 29.1 Å². The second-order valence-electron chi connectivity index (χ2n) is 5.75. The summed E-state index contributed by atoms with van der Waals surface area (Å²) in [5.74, 6) is -0.695. The zero-order valence-corrected chi connectivity index (χ0v) is 16.2. The Morgan fingerprint density at radius 3 is 3.00 bits per heavy atom. The van der Waals surface area contributed by atoms with E-state index >= 15 is 0 Å². The molecular formula is C16H19N3O6S2. The quantitative estimate of drug-likeness (QED) is 0.272. The zero-order valence-electron chi connectivity index (χ0n) is 14.5. The van der Waals surface area contributed by atoms with E-state index in [9.17, 15) is 19.5 Å². The minimum absolute atomic E-state index is 0.0308. The highest BCUT2D eigenvalue weighted by Crippen LogP contribution is 2.37. The third-order valence-corrected chi connectivity index (χ3v) is 5.87. The molecule has 0 aliphatic carbocycles. The Morgan fingerprint density at radius 1 is 1.52 bits per heavy atom. The van der Waals surface area contributed by atoms with E-state index in [1.54, 1.807) is 5.41 Å². The van der Waals surface area contributed by atoms with Crippen LogP contribution >= 0.6 is 23.5 Å². The van der Waals surface area contributed by atoms with Crippen LogP contribution in [0.5, 0.6) is 0 Å². The van der Waals surface area contributed by atoms with Crippen molar-refractivity contribution in [2.45, 2.75) is 24.8 Å². The molecule has 1 fully saturated rings. The Balaban J connectivity index is 1.72. The van der Waals surface area contributed by atoms with E-state index in [0.717, 1.165) is 12.2 Å². The van der Waals surface area contributed by atoms with E-state index < -0.39 is 29.2 Å². The SMILES string of the molecule is CCCO/N=C(/C(=O)NC1C(=O)N2C(C(=O)O)=CCSC12)C1=CSCCO1. The van der Waals surface area contributed by atoms with Crippen LogP contribution in [-0.2, 0) is 24.0 Å². The maximum absolute atomic E-state index is 12.7. The van der Waals surface area contributed by atoms with Gasteiger partial charge in [-0.15, -0.1) is 23.5 Å². The van der Waals surface area contributed by atoms with E-state index in [0.29, 0.717) is 24.7 Å². The van der Waals surface area contributed by atoms with Gasteiger partial charge in [-0.2, -0.15) is 0 Å². The van der Waals surface area contributed by atoms with Gasteiger partial charge in [-0.05, 0) is 12.5 Å². The average Bonchev–Trinajstić information content (AvgIpc) is 2.69. The molecule has 3 aliphatic heterocycles. The molecule has 9 nitrogen and oxygen atoms in total. The van der Waals surface area contributed by atoms with Gasteiger partial charge in [0, 0.05) is 16.9 Å². The minimum atomic E-state index is -1.16. The van der Waals surface area contributed by atoms with Crippen LogP contribution in [0.2, 0.25) is 0 Å². The van der Waals surface area contributed by atoms with E-state index in [-0.39, 0.29) is 11.4 Å². The number of amides is 2. The molecule has 0 aromatic rings. The van der Waals surface area contributed by atoms with Crippen LogP contribution in [-0.4, -0.2) is 69.6 Å². The van der Waals surface area contributed by atoms with Crippen LogP contribution in [0.4, 0.5) is 0 Å². The number of oxime groups is 1. The van der Waals surface area contributed by atoms with Crippen molar-refractivity contribution in [3.63, 3.8) is 0 Å². The monoisotopic (exact) mass is 413 g/mol. The Kier molecular flexibility index (Phi) is 6.32. The number of β-lactam (4-membered cyclic amide) rings is 1. The van der Waals surface area contributed by atoms with Crippen molar-refractivity contribution in [3.05, 3.63) is 22.9 Å². The second kappa shape index (κ2) is 8.70. The third kappa shape index (κ3) is 4.08. The van der Waals surface area contributed by atoms with Gasteiger partial charge < -0.3 is 20.0 Å². The molecule has 146 valence electrons. The van der Waals surface area contributed by atoms with Crippen molar-refractivity contribution >= 4 is 47.0 Å². The fourth-order valence-corrected chi connectivity index (χ4v) is 4.46. The van der Waals surface area contributed by atoms with Gasteiger partial charge in [0.25, 0.3) is 11.8 Å². The number of thioether (sulfide) groups is 2.